The topological polar surface area (TPSA) is 67.8 Å². The van der Waals surface area contributed by atoms with Crippen LogP contribution in [0.2, 0.25) is 5.02 Å². The van der Waals surface area contributed by atoms with Gasteiger partial charge in [-0.3, -0.25) is 9.88 Å². The van der Waals surface area contributed by atoms with Crippen LogP contribution in [0.5, 0.6) is 17.4 Å². The highest BCUT2D eigenvalue weighted by Crippen LogP contribution is 2.23. The third kappa shape index (κ3) is 6.18. The molecule has 4 rings (SSSR count). The van der Waals surface area contributed by atoms with E-state index >= 15 is 0 Å². The number of halogens is 1. The third-order valence-electron chi connectivity index (χ3n) is 5.24. The van der Waals surface area contributed by atoms with Gasteiger partial charge >= 0.3 is 6.09 Å². The van der Waals surface area contributed by atoms with Crippen LogP contribution in [-0.4, -0.2) is 58.6 Å². The molecule has 0 unspecified atom stereocenters. The average molecular weight is 453 g/mol. The molecule has 1 amide bonds. The van der Waals surface area contributed by atoms with Crippen molar-refractivity contribution in [3.8, 4) is 17.4 Å². The Morgan fingerprint density at radius 1 is 0.938 bits per heavy atom. The molecule has 1 saturated heterocycles. The van der Waals surface area contributed by atoms with Gasteiger partial charge in [-0.2, -0.15) is 0 Å². The van der Waals surface area contributed by atoms with Crippen molar-refractivity contribution in [1.29, 1.82) is 0 Å². The van der Waals surface area contributed by atoms with Gasteiger partial charge in [0.05, 0.1) is 5.02 Å². The number of ether oxygens (including phenoxy) is 2. The van der Waals surface area contributed by atoms with Crippen molar-refractivity contribution < 1.29 is 14.3 Å². The molecule has 0 aliphatic carbocycles. The molecular weight excluding hydrogens is 428 g/mol. The van der Waals surface area contributed by atoms with Crippen LogP contribution in [0.4, 0.5) is 4.79 Å². The number of hydrogen-bond donors (Lipinski definition) is 0. The van der Waals surface area contributed by atoms with Crippen molar-refractivity contribution in [3.63, 3.8) is 0 Å². The van der Waals surface area contributed by atoms with Crippen molar-refractivity contribution in [2.45, 2.75) is 13.3 Å². The SMILES string of the molecule is Cc1ccc(CCN2CCN(C(=O)Oc3ccc(Oc4ccc(Cl)cn4)cc3)CC2)nc1. The van der Waals surface area contributed by atoms with Crippen LogP contribution in [0.15, 0.2) is 60.9 Å². The standard InChI is InChI=1S/C24H25ClN4O3/c1-18-2-4-20(26-16-18)10-11-28-12-14-29(15-13-28)24(30)32-22-7-5-21(6-8-22)31-23-9-3-19(25)17-27-23/h2-9,16-17H,10-15H2,1H3. The van der Waals surface area contributed by atoms with E-state index in [0.29, 0.717) is 35.5 Å². The number of aromatic nitrogens is 2. The number of rotatable bonds is 6. The molecule has 7 nitrogen and oxygen atoms in total. The molecule has 0 saturated carbocycles. The summed E-state index contributed by atoms with van der Waals surface area (Å²) in [6.45, 7) is 5.90. The second kappa shape index (κ2) is 10.4. The van der Waals surface area contributed by atoms with E-state index in [1.807, 2.05) is 13.1 Å². The van der Waals surface area contributed by atoms with E-state index in [-0.39, 0.29) is 6.09 Å². The van der Waals surface area contributed by atoms with Gasteiger partial charge in [-0.15, -0.1) is 0 Å². The fourth-order valence-electron chi connectivity index (χ4n) is 3.36. The molecule has 8 heteroatoms. The second-order valence-electron chi connectivity index (χ2n) is 7.66. The summed E-state index contributed by atoms with van der Waals surface area (Å²) in [4.78, 5) is 25.2. The zero-order valence-electron chi connectivity index (χ0n) is 17.9. The number of piperazine rings is 1. The molecule has 1 fully saturated rings. The minimum Gasteiger partial charge on any atom is -0.439 e. The zero-order valence-corrected chi connectivity index (χ0v) is 18.7. The number of carbonyl (C=O) groups is 1. The molecule has 1 aromatic carbocycles. The minimum atomic E-state index is -0.335. The van der Waals surface area contributed by atoms with E-state index in [0.717, 1.165) is 31.7 Å². The van der Waals surface area contributed by atoms with Gasteiger partial charge in [0.2, 0.25) is 5.88 Å². The lowest BCUT2D eigenvalue weighted by molar-refractivity contribution is 0.111. The summed E-state index contributed by atoms with van der Waals surface area (Å²) in [5.74, 6) is 1.51. The Balaban J connectivity index is 1.21. The second-order valence-corrected chi connectivity index (χ2v) is 8.10. The molecule has 3 aromatic rings. The average Bonchev–Trinajstić information content (AvgIpc) is 2.82. The summed E-state index contributed by atoms with van der Waals surface area (Å²) < 4.78 is 11.2. The maximum Gasteiger partial charge on any atom is 0.415 e. The van der Waals surface area contributed by atoms with Crippen LogP contribution < -0.4 is 9.47 Å². The first-order valence-electron chi connectivity index (χ1n) is 10.6. The van der Waals surface area contributed by atoms with Gasteiger partial charge < -0.3 is 14.4 Å². The highest BCUT2D eigenvalue weighted by Gasteiger charge is 2.22. The van der Waals surface area contributed by atoms with Crippen LogP contribution in [0.1, 0.15) is 11.3 Å². The molecule has 0 bridgehead atoms. The predicted molar refractivity (Wildman–Crippen MR) is 122 cm³/mol. The number of amides is 1. The maximum absolute atomic E-state index is 12.5. The van der Waals surface area contributed by atoms with Crippen LogP contribution in [0, 0.1) is 6.92 Å². The number of hydrogen-bond acceptors (Lipinski definition) is 6. The summed E-state index contributed by atoms with van der Waals surface area (Å²) in [5.41, 5.74) is 2.26. The summed E-state index contributed by atoms with van der Waals surface area (Å²) in [6.07, 6.45) is 3.99. The molecule has 0 spiro atoms. The van der Waals surface area contributed by atoms with Crippen LogP contribution in [0.3, 0.4) is 0 Å². The summed E-state index contributed by atoms with van der Waals surface area (Å²) in [5, 5.41) is 0.545. The largest absolute Gasteiger partial charge is 0.439 e. The molecular formula is C24H25ClN4O3. The van der Waals surface area contributed by atoms with Crippen molar-refractivity contribution in [1.82, 2.24) is 19.8 Å². The van der Waals surface area contributed by atoms with Gasteiger partial charge in [0, 0.05) is 63.3 Å². The Labute approximate surface area is 192 Å². The molecule has 1 aliphatic heterocycles. The minimum absolute atomic E-state index is 0.335. The predicted octanol–water partition coefficient (Wildman–Crippen LogP) is 4.59. The number of carbonyl (C=O) groups excluding carboxylic acids is 1. The van der Waals surface area contributed by atoms with Gasteiger partial charge in [0.1, 0.15) is 11.5 Å². The van der Waals surface area contributed by atoms with Gasteiger partial charge in [-0.1, -0.05) is 17.7 Å². The first kappa shape index (κ1) is 22.0. The van der Waals surface area contributed by atoms with E-state index in [9.17, 15) is 4.79 Å². The van der Waals surface area contributed by atoms with E-state index in [1.165, 1.54) is 11.8 Å². The quantitative estimate of drug-likeness (QED) is 0.545. The van der Waals surface area contributed by atoms with Crippen molar-refractivity contribution in [2.24, 2.45) is 0 Å². The monoisotopic (exact) mass is 452 g/mol. The Morgan fingerprint density at radius 2 is 1.69 bits per heavy atom. The smallest absolute Gasteiger partial charge is 0.415 e. The molecule has 0 radical (unpaired) electrons. The van der Waals surface area contributed by atoms with Crippen LogP contribution in [0.25, 0.3) is 0 Å². The lowest BCUT2D eigenvalue weighted by atomic mass is 10.2. The molecule has 32 heavy (non-hydrogen) atoms. The van der Waals surface area contributed by atoms with E-state index < -0.39 is 0 Å². The first-order chi connectivity index (χ1) is 15.5. The molecule has 0 atom stereocenters. The van der Waals surface area contributed by atoms with Gasteiger partial charge in [0.15, 0.2) is 0 Å². The van der Waals surface area contributed by atoms with E-state index in [1.54, 1.807) is 41.3 Å². The van der Waals surface area contributed by atoms with Crippen molar-refractivity contribution in [2.75, 3.05) is 32.7 Å². The number of pyridine rings is 2. The summed E-state index contributed by atoms with van der Waals surface area (Å²) in [6, 6.07) is 14.4. The highest BCUT2D eigenvalue weighted by molar-refractivity contribution is 6.30. The summed E-state index contributed by atoms with van der Waals surface area (Å²) in [7, 11) is 0. The number of aryl methyl sites for hydroxylation is 1. The van der Waals surface area contributed by atoms with Gasteiger partial charge in [-0.05, 0) is 48.9 Å². The fraction of sp³-hybridized carbons (Fsp3) is 0.292. The normalized spacial score (nSPS) is 14.2. The molecule has 2 aromatic heterocycles. The third-order valence-corrected chi connectivity index (χ3v) is 5.46. The lowest BCUT2D eigenvalue weighted by Gasteiger charge is -2.33. The number of benzene rings is 1. The Morgan fingerprint density at radius 3 is 2.34 bits per heavy atom. The first-order valence-corrected chi connectivity index (χ1v) is 10.9. The Kier molecular flexibility index (Phi) is 7.19. The fourth-order valence-corrected chi connectivity index (χ4v) is 3.47. The van der Waals surface area contributed by atoms with Gasteiger partial charge in [0.25, 0.3) is 0 Å². The molecule has 3 heterocycles. The van der Waals surface area contributed by atoms with Crippen molar-refractivity contribution in [3.05, 3.63) is 77.2 Å². The summed E-state index contributed by atoms with van der Waals surface area (Å²) >= 11 is 5.83. The zero-order chi connectivity index (χ0) is 22.3. The maximum atomic E-state index is 12.5. The van der Waals surface area contributed by atoms with Crippen LogP contribution in [-0.2, 0) is 6.42 Å². The van der Waals surface area contributed by atoms with E-state index in [4.69, 9.17) is 21.1 Å². The van der Waals surface area contributed by atoms with E-state index in [2.05, 4.69) is 27.0 Å². The van der Waals surface area contributed by atoms with Crippen LogP contribution >= 0.6 is 11.6 Å². The molecule has 166 valence electrons. The highest BCUT2D eigenvalue weighted by atomic mass is 35.5. The Hall–Kier alpha value is -3.16. The van der Waals surface area contributed by atoms with Crippen molar-refractivity contribution >= 4 is 17.7 Å². The van der Waals surface area contributed by atoms with Gasteiger partial charge in [-0.25, -0.2) is 9.78 Å². The number of nitrogens with zero attached hydrogens (tertiary/aromatic N) is 4. The Bertz CT molecular complexity index is 1020. The molecule has 1 aliphatic rings. The molecule has 0 N–H and O–H groups in total. The lowest BCUT2D eigenvalue weighted by Crippen LogP contribution is -2.49.